The molecule has 0 aromatic carbocycles. The van der Waals surface area contributed by atoms with Crippen LogP contribution in [-0.4, -0.2) is 33.3 Å². The van der Waals surface area contributed by atoms with Gasteiger partial charge in [-0.2, -0.15) is 0 Å². The number of carbonyl (C=O) groups excluding carboxylic acids is 1. The first-order chi connectivity index (χ1) is 7.22. The Morgan fingerprint density at radius 1 is 1.67 bits per heavy atom. The van der Waals surface area contributed by atoms with Crippen molar-refractivity contribution in [3.63, 3.8) is 0 Å². The SMILES string of the molecule is CCNC(=O)C1Cn2c(C)nnc2CN1. The van der Waals surface area contributed by atoms with Gasteiger partial charge in [-0.1, -0.05) is 0 Å². The highest BCUT2D eigenvalue weighted by molar-refractivity contribution is 5.81. The van der Waals surface area contributed by atoms with E-state index in [1.807, 2.05) is 18.4 Å². The molecule has 2 N–H and O–H groups in total. The smallest absolute Gasteiger partial charge is 0.238 e. The summed E-state index contributed by atoms with van der Waals surface area (Å²) in [5, 5.41) is 13.9. The Morgan fingerprint density at radius 2 is 2.47 bits per heavy atom. The van der Waals surface area contributed by atoms with Crippen molar-refractivity contribution in [1.82, 2.24) is 25.4 Å². The number of aryl methyl sites for hydroxylation is 1. The molecule has 0 saturated heterocycles. The summed E-state index contributed by atoms with van der Waals surface area (Å²) in [5.41, 5.74) is 0. The molecule has 1 aliphatic rings. The van der Waals surface area contributed by atoms with Gasteiger partial charge in [-0.05, 0) is 13.8 Å². The molecule has 1 aliphatic heterocycles. The van der Waals surface area contributed by atoms with Crippen molar-refractivity contribution in [3.05, 3.63) is 11.6 Å². The van der Waals surface area contributed by atoms with E-state index in [4.69, 9.17) is 0 Å². The van der Waals surface area contributed by atoms with Crippen LogP contribution in [0.2, 0.25) is 0 Å². The van der Waals surface area contributed by atoms with Crippen LogP contribution in [-0.2, 0) is 17.9 Å². The first kappa shape index (κ1) is 10.1. The highest BCUT2D eigenvalue weighted by Gasteiger charge is 2.25. The van der Waals surface area contributed by atoms with E-state index in [1.165, 1.54) is 0 Å². The van der Waals surface area contributed by atoms with Crippen molar-refractivity contribution in [2.75, 3.05) is 6.54 Å². The van der Waals surface area contributed by atoms with Gasteiger partial charge in [-0.3, -0.25) is 10.1 Å². The average Bonchev–Trinajstić information content (AvgIpc) is 2.60. The first-order valence-electron chi connectivity index (χ1n) is 5.12. The number of hydrogen-bond donors (Lipinski definition) is 2. The van der Waals surface area contributed by atoms with E-state index in [-0.39, 0.29) is 11.9 Å². The molecule has 1 unspecified atom stereocenters. The van der Waals surface area contributed by atoms with Gasteiger partial charge in [0.25, 0.3) is 0 Å². The van der Waals surface area contributed by atoms with Gasteiger partial charge in [0.05, 0.1) is 6.54 Å². The number of fused-ring (bicyclic) bond motifs is 1. The summed E-state index contributed by atoms with van der Waals surface area (Å²) < 4.78 is 1.98. The normalized spacial score (nSPS) is 19.7. The molecule has 1 aromatic rings. The molecule has 2 heterocycles. The van der Waals surface area contributed by atoms with Gasteiger partial charge in [0, 0.05) is 13.1 Å². The zero-order chi connectivity index (χ0) is 10.8. The van der Waals surface area contributed by atoms with Crippen LogP contribution >= 0.6 is 0 Å². The molecule has 0 spiro atoms. The van der Waals surface area contributed by atoms with Crippen LogP contribution in [0.15, 0.2) is 0 Å². The summed E-state index contributed by atoms with van der Waals surface area (Å²) in [6, 6.07) is -0.174. The number of aromatic nitrogens is 3. The van der Waals surface area contributed by atoms with E-state index in [1.54, 1.807) is 0 Å². The van der Waals surface area contributed by atoms with Gasteiger partial charge in [-0.15, -0.1) is 10.2 Å². The number of nitrogens with zero attached hydrogens (tertiary/aromatic N) is 3. The second kappa shape index (κ2) is 3.98. The van der Waals surface area contributed by atoms with Crippen molar-refractivity contribution in [2.45, 2.75) is 33.0 Å². The van der Waals surface area contributed by atoms with Crippen LogP contribution in [0, 0.1) is 6.92 Å². The van der Waals surface area contributed by atoms with Crippen molar-refractivity contribution in [1.29, 1.82) is 0 Å². The third-order valence-corrected chi connectivity index (χ3v) is 2.55. The van der Waals surface area contributed by atoms with Crippen molar-refractivity contribution < 1.29 is 4.79 Å². The van der Waals surface area contributed by atoms with Gasteiger partial charge in [0.15, 0.2) is 0 Å². The molecule has 1 atom stereocenters. The predicted octanol–water partition coefficient (Wildman–Crippen LogP) is -0.806. The molecular formula is C9H15N5O. The summed E-state index contributed by atoms with van der Waals surface area (Å²) >= 11 is 0. The van der Waals surface area contributed by atoms with Crippen molar-refractivity contribution >= 4 is 5.91 Å². The monoisotopic (exact) mass is 209 g/mol. The largest absolute Gasteiger partial charge is 0.355 e. The predicted molar refractivity (Wildman–Crippen MR) is 54.1 cm³/mol. The topological polar surface area (TPSA) is 71.8 Å². The third kappa shape index (κ3) is 1.85. The molecular weight excluding hydrogens is 194 g/mol. The average molecular weight is 209 g/mol. The van der Waals surface area contributed by atoms with Gasteiger partial charge < -0.3 is 9.88 Å². The lowest BCUT2D eigenvalue weighted by Crippen LogP contribution is -2.49. The van der Waals surface area contributed by atoms with Crippen molar-refractivity contribution in [2.24, 2.45) is 0 Å². The molecule has 0 radical (unpaired) electrons. The molecule has 0 bridgehead atoms. The molecule has 2 rings (SSSR count). The van der Waals surface area contributed by atoms with Gasteiger partial charge in [-0.25, -0.2) is 0 Å². The molecule has 1 aromatic heterocycles. The summed E-state index contributed by atoms with van der Waals surface area (Å²) in [5.74, 6) is 1.80. The zero-order valence-corrected chi connectivity index (χ0v) is 8.95. The minimum atomic E-state index is -0.174. The fourth-order valence-corrected chi connectivity index (χ4v) is 1.73. The molecule has 6 heteroatoms. The van der Waals surface area contributed by atoms with Crippen LogP contribution in [0.25, 0.3) is 0 Å². The Balaban J connectivity index is 2.11. The van der Waals surface area contributed by atoms with Crippen LogP contribution in [0.1, 0.15) is 18.6 Å². The van der Waals surface area contributed by atoms with E-state index in [0.29, 0.717) is 19.6 Å². The van der Waals surface area contributed by atoms with Gasteiger partial charge in [0.2, 0.25) is 5.91 Å². The maximum absolute atomic E-state index is 11.6. The molecule has 0 fully saturated rings. The standard InChI is InChI=1S/C9H15N5O/c1-3-10-9(15)7-5-14-6(2)12-13-8(14)4-11-7/h7,11H,3-5H2,1-2H3,(H,10,15). The van der Waals surface area contributed by atoms with E-state index < -0.39 is 0 Å². The van der Waals surface area contributed by atoms with Crippen LogP contribution in [0.3, 0.4) is 0 Å². The Labute approximate surface area is 88.1 Å². The number of carbonyl (C=O) groups is 1. The van der Waals surface area contributed by atoms with E-state index in [0.717, 1.165) is 11.6 Å². The molecule has 6 nitrogen and oxygen atoms in total. The Morgan fingerprint density at radius 3 is 3.20 bits per heavy atom. The Kier molecular flexibility index (Phi) is 2.68. The number of amides is 1. The fraction of sp³-hybridized carbons (Fsp3) is 0.667. The number of hydrogen-bond acceptors (Lipinski definition) is 4. The minimum Gasteiger partial charge on any atom is -0.355 e. The molecule has 0 saturated carbocycles. The lowest BCUT2D eigenvalue weighted by molar-refractivity contribution is -0.123. The summed E-state index contributed by atoms with van der Waals surface area (Å²) in [4.78, 5) is 11.6. The highest BCUT2D eigenvalue weighted by atomic mass is 16.2. The second-order valence-corrected chi connectivity index (χ2v) is 3.60. The van der Waals surface area contributed by atoms with Gasteiger partial charge in [0.1, 0.15) is 17.7 Å². The van der Waals surface area contributed by atoms with E-state index in [9.17, 15) is 4.79 Å². The lowest BCUT2D eigenvalue weighted by atomic mass is 10.2. The fourth-order valence-electron chi connectivity index (χ4n) is 1.73. The van der Waals surface area contributed by atoms with Crippen LogP contribution in [0.5, 0.6) is 0 Å². The quantitative estimate of drug-likeness (QED) is 0.668. The number of nitrogens with one attached hydrogen (secondary N) is 2. The van der Waals surface area contributed by atoms with E-state index in [2.05, 4.69) is 20.8 Å². The zero-order valence-electron chi connectivity index (χ0n) is 8.95. The Hall–Kier alpha value is -1.43. The lowest BCUT2D eigenvalue weighted by Gasteiger charge is -2.24. The summed E-state index contributed by atoms with van der Waals surface area (Å²) in [7, 11) is 0. The maximum Gasteiger partial charge on any atom is 0.238 e. The van der Waals surface area contributed by atoms with Crippen LogP contribution < -0.4 is 10.6 Å². The van der Waals surface area contributed by atoms with E-state index >= 15 is 0 Å². The molecule has 0 aliphatic carbocycles. The Bertz CT molecular complexity index is 373. The third-order valence-electron chi connectivity index (χ3n) is 2.55. The minimum absolute atomic E-state index is 0.0382. The molecule has 82 valence electrons. The summed E-state index contributed by atoms with van der Waals surface area (Å²) in [6.07, 6.45) is 0. The second-order valence-electron chi connectivity index (χ2n) is 3.60. The molecule has 1 amide bonds. The van der Waals surface area contributed by atoms with Gasteiger partial charge >= 0.3 is 0 Å². The number of rotatable bonds is 2. The number of likely N-dealkylation sites (N-methyl/N-ethyl adjacent to an activating group) is 1. The van der Waals surface area contributed by atoms with Crippen molar-refractivity contribution in [3.8, 4) is 0 Å². The highest BCUT2D eigenvalue weighted by Crippen LogP contribution is 2.08. The maximum atomic E-state index is 11.6. The summed E-state index contributed by atoms with van der Waals surface area (Å²) in [6.45, 7) is 5.68. The van der Waals surface area contributed by atoms with Crippen LogP contribution in [0.4, 0.5) is 0 Å². The molecule has 15 heavy (non-hydrogen) atoms. The first-order valence-corrected chi connectivity index (χ1v) is 5.12.